The zero-order valence-electron chi connectivity index (χ0n) is 20.8. The van der Waals surface area contributed by atoms with Crippen LogP contribution in [0.25, 0.3) is 10.5 Å². The molecule has 38 heavy (non-hydrogen) atoms. The summed E-state index contributed by atoms with van der Waals surface area (Å²) in [6.07, 6.45) is 2.53. The van der Waals surface area contributed by atoms with Gasteiger partial charge in [-0.05, 0) is 43.0 Å². The van der Waals surface area contributed by atoms with Crippen LogP contribution in [0.3, 0.4) is 0 Å². The lowest BCUT2D eigenvalue weighted by molar-refractivity contribution is -0.140. The maximum absolute atomic E-state index is 13.7. The first-order valence-electron chi connectivity index (χ1n) is 11.7. The van der Waals surface area contributed by atoms with Crippen LogP contribution in [0.1, 0.15) is 27.2 Å². The number of thioether (sulfide) groups is 2. The number of aliphatic carboxylic acids is 2. The summed E-state index contributed by atoms with van der Waals surface area (Å²) in [5.74, 6) is -2.93. The topological polar surface area (TPSA) is 120 Å². The zero-order valence-corrected chi connectivity index (χ0v) is 24.1. The van der Waals surface area contributed by atoms with Crippen LogP contribution in [0.4, 0.5) is 5.69 Å². The highest BCUT2D eigenvalue weighted by atomic mass is 32.2. The number of fused-ring (bicyclic) bond motifs is 1. The summed E-state index contributed by atoms with van der Waals surface area (Å²) in [5.41, 5.74) is 1.32. The Hall–Kier alpha value is -2.87. The van der Waals surface area contributed by atoms with E-state index in [0.29, 0.717) is 11.0 Å². The van der Waals surface area contributed by atoms with E-state index in [9.17, 15) is 24.3 Å². The molecule has 0 unspecified atom stereocenters. The van der Waals surface area contributed by atoms with Gasteiger partial charge in [-0.3, -0.25) is 28.6 Å². The molecule has 13 heteroatoms. The van der Waals surface area contributed by atoms with Crippen LogP contribution >= 0.6 is 47.1 Å². The van der Waals surface area contributed by atoms with Gasteiger partial charge in [0.15, 0.2) is 0 Å². The monoisotopic (exact) mass is 591 g/mol. The molecule has 9 nitrogen and oxygen atoms in total. The first-order chi connectivity index (χ1) is 18.0. The summed E-state index contributed by atoms with van der Waals surface area (Å²) in [6.45, 7) is 5.59. The van der Waals surface area contributed by atoms with E-state index in [0.717, 1.165) is 60.3 Å². The number of thiazole rings is 1. The number of carboxylic acid groups (broad SMARTS) is 2. The Morgan fingerprint density at radius 2 is 1.74 bits per heavy atom. The third-order valence-corrected chi connectivity index (χ3v) is 9.62. The number of carbonyl (C=O) groups excluding carboxylic acids is 1. The SMILES string of the molecule is CCN1C(=CC(CC(C)C)=c2sc(=C3SC(=S)N(CC(=O)O)C3=O)n(CC(=O)O)c2=O)Sc2ccccc21. The molecular weight excluding hydrogens is 567 g/mol. The number of anilines is 1. The Kier molecular flexibility index (Phi) is 8.50. The van der Waals surface area contributed by atoms with Crippen molar-refractivity contribution >= 4 is 85.4 Å². The van der Waals surface area contributed by atoms with Crippen molar-refractivity contribution in [2.24, 2.45) is 5.92 Å². The van der Waals surface area contributed by atoms with Crippen molar-refractivity contribution in [3.05, 3.63) is 54.9 Å². The van der Waals surface area contributed by atoms with Gasteiger partial charge in [-0.2, -0.15) is 0 Å². The van der Waals surface area contributed by atoms with E-state index in [1.807, 2.05) is 51.1 Å². The van der Waals surface area contributed by atoms with Crippen LogP contribution in [0.5, 0.6) is 0 Å². The number of rotatable bonds is 8. The van der Waals surface area contributed by atoms with Gasteiger partial charge in [-0.1, -0.05) is 61.7 Å². The number of aromatic nitrogens is 1. The number of hydrogen-bond acceptors (Lipinski definition) is 9. The van der Waals surface area contributed by atoms with E-state index in [4.69, 9.17) is 17.3 Å². The highest BCUT2D eigenvalue weighted by Crippen LogP contribution is 2.46. The number of para-hydroxylation sites is 1. The minimum Gasteiger partial charge on any atom is -0.480 e. The van der Waals surface area contributed by atoms with Crippen LogP contribution in [-0.4, -0.2) is 54.9 Å². The average molecular weight is 592 g/mol. The van der Waals surface area contributed by atoms with Gasteiger partial charge in [0, 0.05) is 11.4 Å². The quantitative estimate of drug-likeness (QED) is 0.444. The Balaban J connectivity index is 1.97. The van der Waals surface area contributed by atoms with Gasteiger partial charge < -0.3 is 15.1 Å². The van der Waals surface area contributed by atoms with Gasteiger partial charge in [-0.15, -0.1) is 11.3 Å². The Morgan fingerprint density at radius 3 is 2.37 bits per heavy atom. The highest BCUT2D eigenvalue weighted by Gasteiger charge is 2.35. The summed E-state index contributed by atoms with van der Waals surface area (Å²) in [7, 11) is 0. The molecule has 1 aromatic carbocycles. The number of nitrogens with zero attached hydrogens (tertiary/aromatic N) is 3. The Bertz CT molecular complexity index is 1560. The van der Waals surface area contributed by atoms with Gasteiger partial charge in [0.05, 0.1) is 15.2 Å². The molecule has 2 aromatic rings. The predicted molar refractivity (Wildman–Crippen MR) is 155 cm³/mol. The van der Waals surface area contributed by atoms with Gasteiger partial charge in [0.2, 0.25) is 0 Å². The van der Waals surface area contributed by atoms with Crippen LogP contribution in [0.2, 0.25) is 0 Å². The van der Waals surface area contributed by atoms with Gasteiger partial charge in [0.1, 0.15) is 27.0 Å². The van der Waals surface area contributed by atoms with Crippen molar-refractivity contribution in [1.29, 1.82) is 0 Å². The van der Waals surface area contributed by atoms with E-state index in [-0.39, 0.29) is 19.8 Å². The molecule has 1 saturated heterocycles. The van der Waals surface area contributed by atoms with E-state index in [1.54, 1.807) is 11.8 Å². The maximum Gasteiger partial charge on any atom is 0.323 e. The number of carboxylic acids is 2. The molecule has 4 rings (SSSR count). The molecule has 0 radical (unpaired) electrons. The number of benzene rings is 1. The van der Waals surface area contributed by atoms with E-state index in [2.05, 4.69) is 4.90 Å². The second-order valence-electron chi connectivity index (χ2n) is 8.92. The molecule has 2 aliphatic rings. The van der Waals surface area contributed by atoms with Crippen molar-refractivity contribution in [1.82, 2.24) is 9.47 Å². The molecule has 2 aliphatic heterocycles. The lowest BCUT2D eigenvalue weighted by Crippen LogP contribution is -2.37. The first-order valence-corrected chi connectivity index (χ1v) is 14.6. The van der Waals surface area contributed by atoms with Gasteiger partial charge >= 0.3 is 11.9 Å². The highest BCUT2D eigenvalue weighted by molar-refractivity contribution is 8.30. The van der Waals surface area contributed by atoms with Crippen LogP contribution < -0.4 is 19.7 Å². The molecule has 0 aliphatic carbocycles. The summed E-state index contributed by atoms with van der Waals surface area (Å²) in [4.78, 5) is 53.9. The minimum atomic E-state index is -1.23. The van der Waals surface area contributed by atoms with E-state index < -0.39 is 36.5 Å². The minimum absolute atomic E-state index is 0.0453. The maximum atomic E-state index is 13.7. The lowest BCUT2D eigenvalue weighted by atomic mass is 10.0. The van der Waals surface area contributed by atoms with Crippen molar-refractivity contribution in [2.75, 3.05) is 18.0 Å². The number of amides is 1. The fraction of sp³-hybridized carbons (Fsp3) is 0.320. The van der Waals surface area contributed by atoms with Crippen LogP contribution in [0.15, 0.2) is 45.1 Å². The molecular formula is C25H25N3O6S4. The van der Waals surface area contributed by atoms with Crippen molar-refractivity contribution in [3.8, 4) is 0 Å². The molecule has 3 heterocycles. The Morgan fingerprint density at radius 1 is 1.05 bits per heavy atom. The first kappa shape index (κ1) is 28.1. The fourth-order valence-electron chi connectivity index (χ4n) is 4.15. The number of carbonyl (C=O) groups is 3. The summed E-state index contributed by atoms with van der Waals surface area (Å²) in [6, 6.07) is 8.04. The zero-order chi connectivity index (χ0) is 27.7. The fourth-order valence-corrected chi connectivity index (χ4v) is 7.92. The molecule has 1 amide bonds. The predicted octanol–water partition coefficient (Wildman–Crippen LogP) is 2.72. The normalized spacial score (nSPS) is 18.6. The van der Waals surface area contributed by atoms with Gasteiger partial charge in [-0.25, -0.2) is 0 Å². The van der Waals surface area contributed by atoms with E-state index >= 15 is 0 Å². The summed E-state index contributed by atoms with van der Waals surface area (Å²) in [5, 5.41) is 19.7. The van der Waals surface area contributed by atoms with Crippen molar-refractivity contribution in [3.63, 3.8) is 0 Å². The molecule has 0 saturated carbocycles. The summed E-state index contributed by atoms with van der Waals surface area (Å²) < 4.78 is 1.62. The molecule has 0 atom stereocenters. The molecule has 1 aromatic heterocycles. The average Bonchev–Trinajstić information content (AvgIpc) is 3.44. The smallest absolute Gasteiger partial charge is 0.323 e. The lowest BCUT2D eigenvalue weighted by Gasteiger charge is -2.18. The largest absolute Gasteiger partial charge is 0.480 e. The number of allylic oxidation sites excluding steroid dienone is 1. The second-order valence-corrected chi connectivity index (χ2v) is 12.6. The third-order valence-electron chi connectivity index (χ3n) is 5.68. The van der Waals surface area contributed by atoms with Crippen LogP contribution in [-0.2, 0) is 20.9 Å². The molecule has 0 spiro atoms. The molecule has 1 fully saturated rings. The summed E-state index contributed by atoms with van der Waals surface area (Å²) >= 11 is 8.73. The van der Waals surface area contributed by atoms with Crippen molar-refractivity contribution in [2.45, 2.75) is 38.6 Å². The molecule has 2 N–H and O–H groups in total. The number of thiocarbonyl (C=S) groups is 1. The van der Waals surface area contributed by atoms with Crippen LogP contribution in [0, 0.1) is 5.92 Å². The number of hydrogen-bond donors (Lipinski definition) is 2. The third kappa shape index (κ3) is 5.60. The molecule has 0 bridgehead atoms. The Labute approximate surface area is 236 Å². The second kappa shape index (κ2) is 11.5. The molecule has 200 valence electrons. The van der Waals surface area contributed by atoms with Gasteiger partial charge in [0.25, 0.3) is 11.5 Å². The van der Waals surface area contributed by atoms with E-state index in [1.165, 1.54) is 0 Å². The van der Waals surface area contributed by atoms with Crippen molar-refractivity contribution < 1.29 is 24.6 Å². The standard InChI is InChI=1S/C25H25N3O6S4/c1-4-26-15-7-5-6-8-16(15)36-17(26)10-14(9-13(2)3)20-22(33)27(11-18(29)30)24(37-20)21-23(34)28(12-19(31)32)25(35)38-21/h5-8,10,13H,4,9,11-12H2,1-3H3,(H,29,30)(H,31,32).